The van der Waals surface area contributed by atoms with Crippen molar-refractivity contribution in [1.82, 2.24) is 4.57 Å². The average Bonchev–Trinajstić information content (AvgIpc) is 2.82. The molecular formula is C18H13NO2. The molecule has 0 amide bonds. The second kappa shape index (κ2) is 4.35. The zero-order valence-electron chi connectivity index (χ0n) is 11.5. The van der Waals surface area contributed by atoms with Crippen LogP contribution in [0.1, 0.15) is 0 Å². The molecule has 4 aromatic rings. The first-order valence-electron chi connectivity index (χ1n) is 6.82. The van der Waals surface area contributed by atoms with Crippen LogP contribution < -0.4 is 5.63 Å². The van der Waals surface area contributed by atoms with E-state index < -0.39 is 0 Å². The van der Waals surface area contributed by atoms with Crippen molar-refractivity contribution in [3.8, 4) is 11.3 Å². The molecule has 0 bridgehead atoms. The highest BCUT2D eigenvalue weighted by Gasteiger charge is 2.14. The second-order valence-corrected chi connectivity index (χ2v) is 5.10. The molecule has 0 radical (unpaired) electrons. The van der Waals surface area contributed by atoms with Crippen molar-refractivity contribution in [2.45, 2.75) is 0 Å². The van der Waals surface area contributed by atoms with Crippen LogP contribution in [0.3, 0.4) is 0 Å². The first-order chi connectivity index (χ1) is 10.3. The maximum Gasteiger partial charge on any atom is 0.346 e. The zero-order chi connectivity index (χ0) is 14.4. The van der Waals surface area contributed by atoms with Gasteiger partial charge in [-0.15, -0.1) is 0 Å². The van der Waals surface area contributed by atoms with Gasteiger partial charge in [-0.05, 0) is 6.07 Å². The fourth-order valence-corrected chi connectivity index (χ4v) is 2.85. The summed E-state index contributed by atoms with van der Waals surface area (Å²) in [6, 6.07) is 19.5. The van der Waals surface area contributed by atoms with Crippen molar-refractivity contribution in [3.63, 3.8) is 0 Å². The average molecular weight is 275 g/mol. The molecule has 102 valence electrons. The van der Waals surface area contributed by atoms with Crippen molar-refractivity contribution in [3.05, 3.63) is 71.1 Å². The third kappa shape index (κ3) is 1.71. The molecule has 4 rings (SSSR count). The fraction of sp³-hybridized carbons (Fsp3) is 0.0556. The van der Waals surface area contributed by atoms with Crippen LogP contribution in [0.25, 0.3) is 33.1 Å². The van der Waals surface area contributed by atoms with Gasteiger partial charge in [-0.3, -0.25) is 0 Å². The second-order valence-electron chi connectivity index (χ2n) is 5.10. The number of benzene rings is 2. The first kappa shape index (κ1) is 12.0. The van der Waals surface area contributed by atoms with E-state index in [0.717, 1.165) is 22.0 Å². The summed E-state index contributed by atoms with van der Waals surface area (Å²) in [6.07, 6.45) is 0. The molecule has 2 aromatic carbocycles. The van der Waals surface area contributed by atoms with Crippen molar-refractivity contribution in [2.75, 3.05) is 0 Å². The normalized spacial score (nSPS) is 11.3. The fourth-order valence-electron chi connectivity index (χ4n) is 2.85. The molecule has 0 N–H and O–H groups in total. The van der Waals surface area contributed by atoms with E-state index in [1.54, 1.807) is 0 Å². The minimum Gasteiger partial charge on any atom is -0.422 e. The Labute approximate surface area is 121 Å². The summed E-state index contributed by atoms with van der Waals surface area (Å²) in [5.74, 6) is 0.596. The number of hydrogen-bond donors (Lipinski definition) is 0. The summed E-state index contributed by atoms with van der Waals surface area (Å²) in [4.78, 5) is 12.4. The van der Waals surface area contributed by atoms with Crippen molar-refractivity contribution < 1.29 is 4.42 Å². The highest BCUT2D eigenvalue weighted by Crippen LogP contribution is 2.28. The third-order valence-corrected chi connectivity index (χ3v) is 3.89. The van der Waals surface area contributed by atoms with Crippen LogP contribution in [0, 0.1) is 0 Å². The van der Waals surface area contributed by atoms with Crippen LogP contribution in [-0.2, 0) is 7.05 Å². The minimum atomic E-state index is -0.289. The Kier molecular flexibility index (Phi) is 2.48. The van der Waals surface area contributed by atoms with Crippen LogP contribution in [0.2, 0.25) is 0 Å². The van der Waals surface area contributed by atoms with Gasteiger partial charge in [-0.25, -0.2) is 4.79 Å². The van der Waals surface area contributed by atoms with Gasteiger partial charge in [0.15, 0.2) is 0 Å². The summed E-state index contributed by atoms with van der Waals surface area (Å²) in [5, 5.41) is 1.58. The summed E-state index contributed by atoms with van der Waals surface area (Å²) >= 11 is 0. The van der Waals surface area contributed by atoms with Crippen LogP contribution in [-0.4, -0.2) is 4.57 Å². The third-order valence-electron chi connectivity index (χ3n) is 3.89. The highest BCUT2D eigenvalue weighted by atomic mass is 16.4. The van der Waals surface area contributed by atoms with Gasteiger partial charge < -0.3 is 8.98 Å². The number of fused-ring (bicyclic) bond motifs is 3. The molecule has 2 aromatic heterocycles. The van der Waals surface area contributed by atoms with Crippen LogP contribution in [0.5, 0.6) is 0 Å². The minimum absolute atomic E-state index is 0.289. The molecule has 0 fully saturated rings. The number of para-hydroxylation sites is 1. The molecule has 2 heterocycles. The Bertz CT molecular complexity index is 1010. The largest absolute Gasteiger partial charge is 0.422 e. The number of aromatic nitrogens is 1. The van der Waals surface area contributed by atoms with Crippen LogP contribution in [0.4, 0.5) is 0 Å². The van der Waals surface area contributed by atoms with Crippen molar-refractivity contribution in [2.24, 2.45) is 7.05 Å². The molecule has 0 saturated carbocycles. The van der Waals surface area contributed by atoms with E-state index in [4.69, 9.17) is 4.42 Å². The van der Waals surface area contributed by atoms with Gasteiger partial charge in [0.05, 0.1) is 10.9 Å². The van der Waals surface area contributed by atoms with E-state index in [1.165, 1.54) is 0 Å². The summed E-state index contributed by atoms with van der Waals surface area (Å²) in [5.41, 5.74) is 2.54. The molecule has 0 saturated heterocycles. The molecule has 3 nitrogen and oxygen atoms in total. The van der Waals surface area contributed by atoms with E-state index in [-0.39, 0.29) is 5.63 Å². The molecule has 0 aliphatic heterocycles. The van der Waals surface area contributed by atoms with Gasteiger partial charge in [-0.2, -0.15) is 0 Å². The lowest BCUT2D eigenvalue weighted by molar-refractivity contribution is 0.534. The summed E-state index contributed by atoms with van der Waals surface area (Å²) in [6.45, 7) is 0. The Morgan fingerprint density at radius 1 is 0.905 bits per heavy atom. The van der Waals surface area contributed by atoms with Crippen molar-refractivity contribution in [1.29, 1.82) is 0 Å². The molecule has 0 aliphatic rings. The van der Waals surface area contributed by atoms with E-state index >= 15 is 0 Å². The highest BCUT2D eigenvalue weighted by molar-refractivity contribution is 6.07. The Morgan fingerprint density at radius 3 is 2.43 bits per heavy atom. The maximum atomic E-state index is 12.4. The lowest BCUT2D eigenvalue weighted by Crippen LogP contribution is -2.00. The van der Waals surface area contributed by atoms with Gasteiger partial charge in [0.1, 0.15) is 5.76 Å². The van der Waals surface area contributed by atoms with Gasteiger partial charge >= 0.3 is 5.63 Å². The Morgan fingerprint density at radius 2 is 1.62 bits per heavy atom. The van der Waals surface area contributed by atoms with Crippen molar-refractivity contribution >= 4 is 21.8 Å². The SMILES string of the molecule is Cn1c2ccccc2c2c(=O)oc(-c3ccccc3)cc21. The topological polar surface area (TPSA) is 35.1 Å². The van der Waals surface area contributed by atoms with Gasteiger partial charge in [0.25, 0.3) is 0 Å². The number of rotatable bonds is 1. The zero-order valence-corrected chi connectivity index (χ0v) is 11.5. The Hall–Kier alpha value is -2.81. The lowest BCUT2D eigenvalue weighted by atomic mass is 10.1. The molecule has 0 spiro atoms. The van der Waals surface area contributed by atoms with E-state index in [9.17, 15) is 4.79 Å². The van der Waals surface area contributed by atoms with Crippen LogP contribution in [0.15, 0.2) is 69.9 Å². The lowest BCUT2D eigenvalue weighted by Gasteiger charge is -2.01. The molecular weight excluding hydrogens is 262 g/mol. The monoisotopic (exact) mass is 275 g/mol. The van der Waals surface area contributed by atoms with Crippen LogP contribution >= 0.6 is 0 Å². The number of nitrogens with zero attached hydrogens (tertiary/aromatic N) is 1. The van der Waals surface area contributed by atoms with E-state index in [2.05, 4.69) is 0 Å². The van der Waals surface area contributed by atoms with Gasteiger partial charge in [0.2, 0.25) is 0 Å². The van der Waals surface area contributed by atoms with Gasteiger partial charge in [-0.1, -0.05) is 48.5 Å². The van der Waals surface area contributed by atoms with E-state index in [1.807, 2.05) is 72.3 Å². The Balaban J connectivity index is 2.14. The first-order valence-corrected chi connectivity index (χ1v) is 6.82. The predicted octanol–water partition coefficient (Wildman–Crippen LogP) is 3.95. The number of aryl methyl sites for hydroxylation is 1. The summed E-state index contributed by atoms with van der Waals surface area (Å²) < 4.78 is 7.56. The van der Waals surface area contributed by atoms with Gasteiger partial charge in [0, 0.05) is 29.6 Å². The molecule has 21 heavy (non-hydrogen) atoms. The molecule has 0 aliphatic carbocycles. The maximum absolute atomic E-state index is 12.4. The quantitative estimate of drug-likeness (QED) is 0.527. The molecule has 0 unspecified atom stereocenters. The smallest absolute Gasteiger partial charge is 0.346 e. The molecule has 0 atom stereocenters. The standard InChI is InChI=1S/C18H13NO2/c1-19-14-10-6-5-9-13(14)17-15(19)11-16(21-18(17)20)12-7-3-2-4-8-12/h2-11H,1H3. The number of hydrogen-bond acceptors (Lipinski definition) is 2. The molecule has 3 heteroatoms. The predicted molar refractivity (Wildman–Crippen MR) is 84.4 cm³/mol. The van der Waals surface area contributed by atoms with E-state index in [0.29, 0.717) is 11.1 Å². The summed E-state index contributed by atoms with van der Waals surface area (Å²) in [7, 11) is 1.97.